The van der Waals surface area contributed by atoms with Crippen LogP contribution in [0.5, 0.6) is 5.75 Å². The van der Waals surface area contributed by atoms with Crippen LogP contribution in [-0.2, 0) is 34.0 Å². The van der Waals surface area contributed by atoms with E-state index in [-0.39, 0.29) is 33.8 Å². The molecule has 0 aliphatic rings. The predicted octanol–water partition coefficient (Wildman–Crippen LogP) is 7.32. The van der Waals surface area contributed by atoms with Crippen molar-refractivity contribution < 1.29 is 27.8 Å². The summed E-state index contributed by atoms with van der Waals surface area (Å²) in [5, 5.41) is 15.3. The number of halogens is 1. The molecule has 248 valence electrons. The first-order valence-corrected chi connectivity index (χ1v) is 17.5. The number of hydrogen-bond acceptors (Lipinski definition) is 7. The van der Waals surface area contributed by atoms with E-state index in [1.807, 2.05) is 72.8 Å². The van der Waals surface area contributed by atoms with E-state index in [9.17, 15) is 18.3 Å². The Morgan fingerprint density at radius 3 is 2.12 bits per heavy atom. The van der Waals surface area contributed by atoms with Gasteiger partial charge in [-0.05, 0) is 90.5 Å². The first-order valence-electron chi connectivity index (χ1n) is 15.6. The van der Waals surface area contributed by atoms with Gasteiger partial charge in [-0.15, -0.1) is 0 Å². The lowest BCUT2D eigenvalue weighted by Gasteiger charge is -2.25. The Balaban J connectivity index is 1.29. The van der Waals surface area contributed by atoms with E-state index >= 15 is 0 Å². The van der Waals surface area contributed by atoms with Crippen LogP contribution >= 0.6 is 11.6 Å². The van der Waals surface area contributed by atoms with Gasteiger partial charge in [0.05, 0.1) is 23.0 Å². The number of carbonyl (C=O) groups excluding carboxylic acids is 1. The molecule has 0 aliphatic carbocycles. The first kappa shape index (κ1) is 34.9. The van der Waals surface area contributed by atoms with Crippen LogP contribution in [0, 0.1) is 6.92 Å². The predicted molar refractivity (Wildman–Crippen MR) is 187 cm³/mol. The first-order chi connectivity index (χ1) is 23.2. The Morgan fingerprint density at radius 1 is 0.812 bits per heavy atom. The number of hydrogen-bond donors (Lipinski definition) is 2. The minimum Gasteiger partial charge on any atom is -0.488 e. The van der Waals surface area contributed by atoms with Crippen LogP contribution in [0.4, 0.5) is 0 Å². The van der Waals surface area contributed by atoms with Crippen molar-refractivity contribution in [2.45, 2.75) is 48.3 Å². The molecule has 0 aliphatic heterocycles. The molecular formula is C39H38ClNO6S. The van der Waals surface area contributed by atoms with Crippen LogP contribution in [0.1, 0.15) is 44.3 Å². The molecule has 0 amide bonds. The maximum absolute atomic E-state index is 13.7. The number of aliphatic hydroxyl groups is 1. The highest BCUT2D eigenvalue weighted by molar-refractivity contribution is 7.91. The number of esters is 1. The zero-order chi connectivity index (χ0) is 34.1. The van der Waals surface area contributed by atoms with E-state index in [0.717, 1.165) is 22.3 Å². The Hall–Kier alpha value is -4.47. The van der Waals surface area contributed by atoms with Crippen LogP contribution in [0.2, 0.25) is 5.02 Å². The number of ether oxygens (including phenoxy) is 2. The second-order valence-corrected chi connectivity index (χ2v) is 13.9. The molecule has 0 saturated heterocycles. The van der Waals surface area contributed by atoms with E-state index in [4.69, 9.17) is 21.1 Å². The zero-order valence-electron chi connectivity index (χ0n) is 26.8. The lowest BCUT2D eigenvalue weighted by atomic mass is 9.96. The summed E-state index contributed by atoms with van der Waals surface area (Å²) >= 11 is 6.20. The van der Waals surface area contributed by atoms with Crippen molar-refractivity contribution in [2.75, 3.05) is 13.7 Å². The van der Waals surface area contributed by atoms with Crippen molar-refractivity contribution in [3.63, 3.8) is 0 Å². The SMILES string of the molecule is COC(=O)c1cc(S(=O)(=O)c2ccc(CCNC(Cc3ccccc3)[C@H](O)c3cccc(Cl)c3)cc2)cc(C)c1OCc1ccccc1. The summed E-state index contributed by atoms with van der Waals surface area (Å²) in [5.41, 5.74) is 4.19. The average molecular weight is 684 g/mol. The van der Waals surface area contributed by atoms with Gasteiger partial charge in [0.15, 0.2) is 0 Å². The molecule has 9 heteroatoms. The van der Waals surface area contributed by atoms with Crippen molar-refractivity contribution in [3.8, 4) is 5.75 Å². The molecule has 2 atom stereocenters. The van der Waals surface area contributed by atoms with E-state index in [1.165, 1.54) is 19.2 Å². The van der Waals surface area contributed by atoms with Gasteiger partial charge < -0.3 is 19.9 Å². The maximum atomic E-state index is 13.7. The fraction of sp³-hybridized carbons (Fsp3) is 0.205. The molecule has 5 aromatic carbocycles. The number of methoxy groups -OCH3 is 1. The Kier molecular flexibility index (Phi) is 11.7. The molecular weight excluding hydrogens is 646 g/mol. The van der Waals surface area contributed by atoms with Crippen LogP contribution in [-0.4, -0.2) is 39.2 Å². The second-order valence-electron chi connectivity index (χ2n) is 11.5. The van der Waals surface area contributed by atoms with Gasteiger partial charge in [0.25, 0.3) is 0 Å². The summed E-state index contributed by atoms with van der Waals surface area (Å²) in [7, 11) is -2.72. The van der Waals surface area contributed by atoms with Crippen LogP contribution < -0.4 is 10.1 Å². The molecule has 5 aromatic rings. The molecule has 0 spiro atoms. The normalized spacial score (nSPS) is 12.7. The van der Waals surface area contributed by atoms with Gasteiger partial charge in [0.2, 0.25) is 9.84 Å². The monoisotopic (exact) mass is 683 g/mol. The van der Waals surface area contributed by atoms with E-state index < -0.39 is 21.9 Å². The number of aliphatic hydroxyl groups excluding tert-OH is 1. The maximum Gasteiger partial charge on any atom is 0.341 e. The van der Waals surface area contributed by atoms with Crippen LogP contribution in [0.3, 0.4) is 0 Å². The molecule has 0 radical (unpaired) electrons. The zero-order valence-corrected chi connectivity index (χ0v) is 28.4. The van der Waals surface area contributed by atoms with Gasteiger partial charge in [0.1, 0.15) is 17.9 Å². The van der Waals surface area contributed by atoms with Crippen LogP contribution in [0.25, 0.3) is 0 Å². The lowest BCUT2D eigenvalue weighted by molar-refractivity contribution is 0.0595. The van der Waals surface area contributed by atoms with Gasteiger partial charge in [-0.2, -0.15) is 0 Å². The third-order valence-corrected chi connectivity index (χ3v) is 10.1. The van der Waals surface area contributed by atoms with Crippen molar-refractivity contribution in [3.05, 3.63) is 160 Å². The highest BCUT2D eigenvalue weighted by Crippen LogP contribution is 2.32. The number of aryl methyl sites for hydroxylation is 1. The third-order valence-electron chi connectivity index (χ3n) is 8.11. The van der Waals surface area contributed by atoms with Gasteiger partial charge in [0, 0.05) is 11.1 Å². The lowest BCUT2D eigenvalue weighted by Crippen LogP contribution is -2.38. The Bertz CT molecular complexity index is 1930. The number of carbonyl (C=O) groups is 1. The number of sulfone groups is 1. The van der Waals surface area contributed by atoms with Gasteiger partial charge >= 0.3 is 5.97 Å². The largest absolute Gasteiger partial charge is 0.488 e. The minimum absolute atomic E-state index is 0.0272. The third kappa shape index (κ3) is 8.70. The molecule has 7 nitrogen and oxygen atoms in total. The van der Waals surface area contributed by atoms with Crippen molar-refractivity contribution in [2.24, 2.45) is 0 Å². The van der Waals surface area contributed by atoms with Crippen molar-refractivity contribution in [1.29, 1.82) is 0 Å². The number of nitrogens with one attached hydrogen (secondary N) is 1. The Labute approximate surface area is 287 Å². The molecule has 1 unspecified atom stereocenters. The van der Waals surface area contributed by atoms with Gasteiger partial charge in [-0.3, -0.25) is 0 Å². The standard InChI is InChI=1S/C39H38ClNO6S/c1-27-22-34(25-35(39(43)46-2)38(27)47-26-30-12-7-4-8-13-30)48(44,45)33-18-16-28(17-19-33)20-21-41-36(23-29-10-5-3-6-11-29)37(42)31-14-9-15-32(40)24-31/h3-19,22,24-25,36-37,41-42H,20-21,23,26H2,1-2H3/t36?,37-/m1/s1. The Morgan fingerprint density at radius 2 is 1.48 bits per heavy atom. The molecule has 5 rings (SSSR count). The fourth-order valence-corrected chi connectivity index (χ4v) is 7.11. The molecule has 0 saturated carbocycles. The molecule has 48 heavy (non-hydrogen) atoms. The molecule has 2 N–H and O–H groups in total. The van der Waals surface area contributed by atoms with Gasteiger partial charge in [-0.1, -0.05) is 96.5 Å². The van der Waals surface area contributed by atoms with Crippen molar-refractivity contribution in [1.82, 2.24) is 5.32 Å². The molecule has 0 bridgehead atoms. The van der Waals surface area contributed by atoms with E-state index in [2.05, 4.69) is 5.32 Å². The van der Waals surface area contributed by atoms with E-state index in [0.29, 0.717) is 30.0 Å². The highest BCUT2D eigenvalue weighted by Gasteiger charge is 2.25. The summed E-state index contributed by atoms with van der Waals surface area (Å²) in [5.74, 6) is -0.411. The highest BCUT2D eigenvalue weighted by atomic mass is 35.5. The molecule has 0 fully saturated rings. The minimum atomic E-state index is -3.96. The molecule has 0 aromatic heterocycles. The van der Waals surface area contributed by atoms with Crippen molar-refractivity contribution >= 4 is 27.4 Å². The van der Waals surface area contributed by atoms with Crippen LogP contribution in [0.15, 0.2) is 131 Å². The number of benzene rings is 5. The summed E-state index contributed by atoms with van der Waals surface area (Å²) in [4.78, 5) is 12.8. The topological polar surface area (TPSA) is 102 Å². The molecule has 0 heterocycles. The van der Waals surface area contributed by atoms with Gasteiger partial charge in [-0.25, -0.2) is 13.2 Å². The second kappa shape index (κ2) is 16.1. The smallest absolute Gasteiger partial charge is 0.341 e. The summed E-state index contributed by atoms with van der Waals surface area (Å²) in [6, 6.07) is 35.9. The summed E-state index contributed by atoms with van der Waals surface area (Å²) in [6.07, 6.45) is 0.423. The average Bonchev–Trinajstić information content (AvgIpc) is 3.10. The van der Waals surface area contributed by atoms with E-state index in [1.54, 1.807) is 43.3 Å². The quantitative estimate of drug-likeness (QED) is 0.118. The summed E-state index contributed by atoms with van der Waals surface area (Å²) in [6.45, 7) is 2.46. The number of rotatable bonds is 14. The fourth-order valence-electron chi connectivity index (χ4n) is 5.54. The summed E-state index contributed by atoms with van der Waals surface area (Å²) < 4.78 is 38.4.